The minimum absolute atomic E-state index is 0.0352. The van der Waals surface area contributed by atoms with Gasteiger partial charge in [0.05, 0.1) is 4.92 Å². The number of nitro benzene ring substituents is 1. The number of rotatable bonds is 4. The first kappa shape index (κ1) is 15.3. The molecule has 0 saturated carbocycles. The Hall–Kier alpha value is -3.27. The zero-order valence-electron chi connectivity index (χ0n) is 13.4. The normalized spacial score (nSPS) is 12.8. The number of non-ortho nitro benzene ring substituents is 1. The molecule has 25 heavy (non-hydrogen) atoms. The largest absolute Gasteiger partial charge is 0.289 e. The number of carbonyl (C=O) groups excluding carboxylic acids is 1. The summed E-state index contributed by atoms with van der Waals surface area (Å²) < 4.78 is 0. The molecule has 0 saturated heterocycles. The van der Waals surface area contributed by atoms with Gasteiger partial charge in [-0.25, -0.2) is 0 Å². The highest BCUT2D eigenvalue weighted by Crippen LogP contribution is 2.33. The smallest absolute Gasteiger partial charge is 0.269 e. The van der Waals surface area contributed by atoms with E-state index in [0.29, 0.717) is 0 Å². The van der Waals surface area contributed by atoms with E-state index in [-0.39, 0.29) is 11.5 Å². The molecule has 0 spiro atoms. The third-order valence-electron chi connectivity index (χ3n) is 4.68. The predicted octanol–water partition coefficient (Wildman–Crippen LogP) is 4.74. The van der Waals surface area contributed by atoms with Crippen molar-refractivity contribution >= 4 is 28.3 Å². The first-order valence-electron chi connectivity index (χ1n) is 8.14. The number of aryl methyl sites for hydroxylation is 2. The topological polar surface area (TPSA) is 60.2 Å². The number of allylic oxidation sites excluding steroid dienone is 1. The van der Waals surface area contributed by atoms with Crippen LogP contribution in [0.25, 0.3) is 16.8 Å². The summed E-state index contributed by atoms with van der Waals surface area (Å²) in [5.41, 5.74) is 3.99. The number of ketones is 1. The van der Waals surface area contributed by atoms with E-state index in [4.69, 9.17) is 0 Å². The van der Waals surface area contributed by atoms with Gasteiger partial charge in [-0.2, -0.15) is 0 Å². The van der Waals surface area contributed by atoms with Crippen LogP contribution in [0.3, 0.4) is 0 Å². The molecule has 0 amide bonds. The second-order valence-corrected chi connectivity index (χ2v) is 6.15. The molecule has 4 rings (SSSR count). The second-order valence-electron chi connectivity index (χ2n) is 6.15. The number of nitrogens with zero attached hydrogens (tertiary/aromatic N) is 1. The maximum atomic E-state index is 12.6. The van der Waals surface area contributed by atoms with Gasteiger partial charge in [-0.15, -0.1) is 0 Å². The zero-order valence-corrected chi connectivity index (χ0v) is 13.4. The van der Waals surface area contributed by atoms with Crippen LogP contribution in [0.15, 0.2) is 60.7 Å². The van der Waals surface area contributed by atoms with Crippen LogP contribution in [0.1, 0.15) is 27.0 Å². The van der Waals surface area contributed by atoms with Crippen LogP contribution in [0, 0.1) is 10.1 Å². The zero-order chi connectivity index (χ0) is 17.4. The summed E-state index contributed by atoms with van der Waals surface area (Å²) in [5.74, 6) is -0.0352. The van der Waals surface area contributed by atoms with Crippen molar-refractivity contribution in [2.24, 2.45) is 0 Å². The molecule has 0 bridgehead atoms. The highest BCUT2D eigenvalue weighted by molar-refractivity contribution is 6.11. The average molecular weight is 329 g/mol. The van der Waals surface area contributed by atoms with E-state index in [9.17, 15) is 14.9 Å². The van der Waals surface area contributed by atoms with E-state index in [0.717, 1.165) is 29.5 Å². The van der Waals surface area contributed by atoms with Gasteiger partial charge >= 0.3 is 0 Å². The Kier molecular flexibility index (Phi) is 3.65. The van der Waals surface area contributed by atoms with Crippen LogP contribution < -0.4 is 0 Å². The van der Waals surface area contributed by atoms with E-state index >= 15 is 0 Å². The number of hydrogen-bond acceptors (Lipinski definition) is 3. The molecule has 1 aliphatic rings. The summed E-state index contributed by atoms with van der Waals surface area (Å²) in [4.78, 5) is 22.9. The molecule has 0 radical (unpaired) electrons. The Balaban J connectivity index is 1.64. The van der Waals surface area contributed by atoms with Crippen molar-refractivity contribution in [3.05, 3.63) is 93.0 Å². The molecule has 0 fully saturated rings. The summed E-state index contributed by atoms with van der Waals surface area (Å²) in [5, 5.41) is 13.1. The van der Waals surface area contributed by atoms with E-state index in [1.807, 2.05) is 12.1 Å². The van der Waals surface area contributed by atoms with E-state index in [1.165, 1.54) is 28.5 Å². The number of nitro groups is 1. The average Bonchev–Trinajstić information content (AvgIpc) is 3.06. The molecule has 1 aliphatic carbocycles. The summed E-state index contributed by atoms with van der Waals surface area (Å²) >= 11 is 0. The number of hydrogen-bond donors (Lipinski definition) is 0. The van der Waals surface area contributed by atoms with Gasteiger partial charge in [-0.3, -0.25) is 14.9 Å². The molecular weight excluding hydrogens is 314 g/mol. The van der Waals surface area contributed by atoms with Gasteiger partial charge in [0.1, 0.15) is 0 Å². The fourth-order valence-electron chi connectivity index (χ4n) is 3.46. The van der Waals surface area contributed by atoms with Crippen molar-refractivity contribution < 1.29 is 9.72 Å². The maximum absolute atomic E-state index is 12.6. The standard InChI is InChI=1S/C21H15NO3/c23-20(13-6-14-4-9-17(10-5-14)22(24)25)18-11-7-15-2-1-3-16-8-12-19(18)21(15)16/h1-7,9-11,13H,8,12H2. The molecule has 0 heterocycles. The molecule has 122 valence electrons. The summed E-state index contributed by atoms with van der Waals surface area (Å²) in [6, 6.07) is 16.3. The van der Waals surface area contributed by atoms with Crippen molar-refractivity contribution in [2.45, 2.75) is 12.8 Å². The fourth-order valence-corrected chi connectivity index (χ4v) is 3.46. The SMILES string of the molecule is O=C(C=Cc1ccc([N+](=O)[O-])cc1)c1ccc2cccc3c2c1CC3. The van der Waals surface area contributed by atoms with E-state index in [2.05, 4.69) is 18.2 Å². The Labute approximate surface area is 144 Å². The molecule has 0 atom stereocenters. The monoisotopic (exact) mass is 329 g/mol. The molecule has 0 aliphatic heterocycles. The van der Waals surface area contributed by atoms with E-state index in [1.54, 1.807) is 24.3 Å². The highest BCUT2D eigenvalue weighted by Gasteiger charge is 2.19. The predicted molar refractivity (Wildman–Crippen MR) is 97.8 cm³/mol. The van der Waals surface area contributed by atoms with Crippen LogP contribution in [0.4, 0.5) is 5.69 Å². The van der Waals surface area contributed by atoms with Gasteiger partial charge in [0, 0.05) is 17.7 Å². The summed E-state index contributed by atoms with van der Waals surface area (Å²) in [7, 11) is 0. The lowest BCUT2D eigenvalue weighted by Crippen LogP contribution is -1.99. The third-order valence-corrected chi connectivity index (χ3v) is 4.68. The molecule has 0 aromatic heterocycles. The summed E-state index contributed by atoms with van der Waals surface area (Å²) in [6.45, 7) is 0. The fraction of sp³-hybridized carbons (Fsp3) is 0.0952. The van der Waals surface area contributed by atoms with Crippen molar-refractivity contribution in [3.63, 3.8) is 0 Å². The first-order chi connectivity index (χ1) is 12.1. The Morgan fingerprint density at radius 2 is 1.80 bits per heavy atom. The van der Waals surface area contributed by atoms with E-state index < -0.39 is 4.92 Å². The van der Waals surface area contributed by atoms with Gasteiger partial charge in [-0.05, 0) is 58.5 Å². The van der Waals surface area contributed by atoms with Crippen molar-refractivity contribution in [3.8, 4) is 0 Å². The number of benzene rings is 3. The minimum atomic E-state index is -0.437. The second kappa shape index (κ2) is 5.98. The Morgan fingerprint density at radius 3 is 2.56 bits per heavy atom. The lowest BCUT2D eigenvalue weighted by molar-refractivity contribution is -0.384. The first-order valence-corrected chi connectivity index (χ1v) is 8.14. The van der Waals surface area contributed by atoms with Crippen LogP contribution >= 0.6 is 0 Å². The lowest BCUT2D eigenvalue weighted by Gasteiger charge is -2.06. The van der Waals surface area contributed by atoms with Crippen molar-refractivity contribution in [2.75, 3.05) is 0 Å². The molecule has 4 heteroatoms. The van der Waals surface area contributed by atoms with Crippen LogP contribution in [0.5, 0.6) is 0 Å². The van der Waals surface area contributed by atoms with Crippen LogP contribution in [-0.2, 0) is 12.8 Å². The Morgan fingerprint density at radius 1 is 1.00 bits per heavy atom. The Bertz CT molecular complexity index is 1030. The van der Waals surface area contributed by atoms with Crippen LogP contribution in [0.2, 0.25) is 0 Å². The summed E-state index contributed by atoms with van der Waals surface area (Å²) in [6.07, 6.45) is 5.11. The van der Waals surface area contributed by atoms with Gasteiger partial charge in [0.15, 0.2) is 5.78 Å². The molecule has 3 aromatic rings. The molecule has 0 unspecified atom stereocenters. The van der Waals surface area contributed by atoms with Crippen molar-refractivity contribution in [1.82, 2.24) is 0 Å². The number of carbonyl (C=O) groups is 1. The minimum Gasteiger partial charge on any atom is -0.289 e. The van der Waals surface area contributed by atoms with Gasteiger partial charge < -0.3 is 0 Å². The van der Waals surface area contributed by atoms with Crippen LogP contribution in [-0.4, -0.2) is 10.7 Å². The van der Waals surface area contributed by atoms with Crippen molar-refractivity contribution in [1.29, 1.82) is 0 Å². The molecular formula is C21H15NO3. The third kappa shape index (κ3) is 2.72. The van der Waals surface area contributed by atoms with Gasteiger partial charge in [0.25, 0.3) is 5.69 Å². The highest BCUT2D eigenvalue weighted by atomic mass is 16.6. The molecule has 3 aromatic carbocycles. The van der Waals surface area contributed by atoms with Gasteiger partial charge in [0.2, 0.25) is 0 Å². The van der Waals surface area contributed by atoms with Gasteiger partial charge in [-0.1, -0.05) is 36.4 Å². The molecule has 4 nitrogen and oxygen atoms in total. The lowest BCUT2D eigenvalue weighted by atomic mass is 9.97. The quantitative estimate of drug-likeness (QED) is 0.300. The maximum Gasteiger partial charge on any atom is 0.269 e. The molecule has 0 N–H and O–H groups in total.